The second-order valence-corrected chi connectivity index (χ2v) is 4.32. The molecule has 2 N–H and O–H groups in total. The Morgan fingerprint density at radius 1 is 1.19 bits per heavy atom. The summed E-state index contributed by atoms with van der Waals surface area (Å²) in [6, 6.07) is 8.57. The number of nitrogens with zero attached hydrogens (tertiary/aromatic N) is 1. The second kappa shape index (κ2) is 3.76. The smallest absolute Gasteiger partial charge is 0.0956 e. The number of hydrogen-bond acceptors (Lipinski definition) is 2. The molecule has 1 aliphatic heterocycles. The fourth-order valence-corrected chi connectivity index (χ4v) is 2.19. The number of aromatic amines is 1. The number of nitrogens with one attached hydrogen (secondary N) is 2. The highest BCUT2D eigenvalue weighted by atomic mass is 15.1. The third kappa shape index (κ3) is 1.53. The molecule has 0 amide bonds. The number of hydrogen-bond donors (Lipinski definition) is 2. The summed E-state index contributed by atoms with van der Waals surface area (Å²) in [6.07, 6.45) is 1.06. The molecule has 0 unspecified atom stereocenters. The van der Waals surface area contributed by atoms with Crippen molar-refractivity contribution >= 4 is 0 Å². The van der Waals surface area contributed by atoms with Gasteiger partial charge in [0.25, 0.3) is 0 Å². The molecule has 3 rings (SSSR count). The van der Waals surface area contributed by atoms with Crippen LogP contribution in [0.25, 0.3) is 11.3 Å². The van der Waals surface area contributed by atoms with Gasteiger partial charge in [-0.1, -0.05) is 29.8 Å². The first-order chi connectivity index (χ1) is 7.84. The van der Waals surface area contributed by atoms with Crippen LogP contribution in [0.3, 0.4) is 0 Å². The molecule has 1 aromatic carbocycles. The summed E-state index contributed by atoms with van der Waals surface area (Å²) in [6.45, 7) is 4.06. The minimum absolute atomic E-state index is 0.911. The Balaban J connectivity index is 2.06. The van der Waals surface area contributed by atoms with Crippen molar-refractivity contribution in [1.29, 1.82) is 0 Å². The molecule has 0 aliphatic carbocycles. The van der Waals surface area contributed by atoms with Gasteiger partial charge in [0.1, 0.15) is 0 Å². The summed E-state index contributed by atoms with van der Waals surface area (Å²) in [4.78, 5) is 0. The summed E-state index contributed by atoms with van der Waals surface area (Å²) in [5, 5.41) is 10.9. The zero-order chi connectivity index (χ0) is 11.0. The van der Waals surface area contributed by atoms with Crippen molar-refractivity contribution in [2.24, 2.45) is 0 Å². The third-order valence-corrected chi connectivity index (χ3v) is 3.13. The molecule has 0 atom stereocenters. The van der Waals surface area contributed by atoms with E-state index in [1.54, 1.807) is 0 Å². The first-order valence-corrected chi connectivity index (χ1v) is 5.68. The molecule has 3 nitrogen and oxygen atoms in total. The minimum atomic E-state index is 0.911. The average molecular weight is 213 g/mol. The Hall–Kier alpha value is -1.61. The molecule has 2 heterocycles. The van der Waals surface area contributed by atoms with Crippen LogP contribution >= 0.6 is 0 Å². The summed E-state index contributed by atoms with van der Waals surface area (Å²) < 4.78 is 0. The molecule has 2 aromatic rings. The first-order valence-electron chi connectivity index (χ1n) is 5.68. The highest BCUT2D eigenvalue weighted by Gasteiger charge is 2.17. The number of benzene rings is 1. The van der Waals surface area contributed by atoms with Crippen LogP contribution in [0.1, 0.15) is 16.8 Å². The molecule has 0 bridgehead atoms. The number of aromatic nitrogens is 2. The van der Waals surface area contributed by atoms with Crippen molar-refractivity contribution in [3.05, 3.63) is 41.1 Å². The van der Waals surface area contributed by atoms with Crippen LogP contribution < -0.4 is 5.32 Å². The maximum Gasteiger partial charge on any atom is 0.0956 e. The van der Waals surface area contributed by atoms with Gasteiger partial charge in [0.15, 0.2) is 0 Å². The quantitative estimate of drug-likeness (QED) is 0.761. The predicted octanol–water partition coefficient (Wildman–Crippen LogP) is 2.03. The van der Waals surface area contributed by atoms with Crippen LogP contribution in [0.2, 0.25) is 0 Å². The normalized spacial score (nSPS) is 14.8. The summed E-state index contributed by atoms with van der Waals surface area (Å²) in [5.41, 5.74) is 6.24. The Kier molecular flexibility index (Phi) is 2.26. The Labute approximate surface area is 94.9 Å². The maximum atomic E-state index is 4.43. The van der Waals surface area contributed by atoms with Gasteiger partial charge in [0.2, 0.25) is 0 Å². The Bertz CT molecular complexity index is 496. The van der Waals surface area contributed by atoms with E-state index in [1.165, 1.54) is 22.4 Å². The van der Waals surface area contributed by atoms with Gasteiger partial charge in [-0.05, 0) is 19.9 Å². The number of rotatable bonds is 1. The van der Waals surface area contributed by atoms with Gasteiger partial charge in [-0.15, -0.1) is 0 Å². The van der Waals surface area contributed by atoms with E-state index < -0.39 is 0 Å². The van der Waals surface area contributed by atoms with Gasteiger partial charge in [-0.3, -0.25) is 5.10 Å². The van der Waals surface area contributed by atoms with Crippen molar-refractivity contribution in [1.82, 2.24) is 15.5 Å². The number of aryl methyl sites for hydroxylation is 1. The molecule has 1 aliphatic rings. The van der Waals surface area contributed by atoms with E-state index in [-0.39, 0.29) is 0 Å². The van der Waals surface area contributed by atoms with Crippen molar-refractivity contribution in [3.63, 3.8) is 0 Å². The zero-order valence-corrected chi connectivity index (χ0v) is 9.38. The first kappa shape index (κ1) is 9.60. The second-order valence-electron chi connectivity index (χ2n) is 4.32. The van der Waals surface area contributed by atoms with Crippen molar-refractivity contribution < 1.29 is 0 Å². The lowest BCUT2D eigenvalue weighted by Crippen LogP contribution is -2.23. The molecule has 3 heteroatoms. The summed E-state index contributed by atoms with van der Waals surface area (Å²) in [7, 11) is 0. The molecule has 0 spiro atoms. The van der Waals surface area contributed by atoms with Crippen molar-refractivity contribution in [2.45, 2.75) is 19.9 Å². The zero-order valence-electron chi connectivity index (χ0n) is 9.38. The van der Waals surface area contributed by atoms with Gasteiger partial charge < -0.3 is 5.32 Å². The summed E-state index contributed by atoms with van der Waals surface area (Å²) in [5.74, 6) is 0. The van der Waals surface area contributed by atoms with Gasteiger partial charge in [0.05, 0.1) is 11.4 Å². The largest absolute Gasteiger partial charge is 0.311 e. The van der Waals surface area contributed by atoms with E-state index in [0.29, 0.717) is 0 Å². The molecule has 0 saturated heterocycles. The van der Waals surface area contributed by atoms with Crippen LogP contribution in [-0.4, -0.2) is 16.7 Å². The van der Waals surface area contributed by atoms with E-state index in [4.69, 9.17) is 0 Å². The number of fused-ring (bicyclic) bond motifs is 1. The van der Waals surface area contributed by atoms with Crippen LogP contribution in [0.15, 0.2) is 24.3 Å². The van der Waals surface area contributed by atoms with Crippen LogP contribution in [-0.2, 0) is 13.0 Å². The van der Waals surface area contributed by atoms with Gasteiger partial charge in [-0.25, -0.2) is 0 Å². The van der Waals surface area contributed by atoms with Gasteiger partial charge in [0, 0.05) is 17.7 Å². The standard InChI is InChI=1S/C13H15N3/c1-9-2-4-10(5-3-9)13-11-6-7-14-8-12(11)15-16-13/h2-5,14H,6-8H2,1H3,(H,15,16). The Morgan fingerprint density at radius 3 is 2.81 bits per heavy atom. The van der Waals surface area contributed by atoms with E-state index in [9.17, 15) is 0 Å². The van der Waals surface area contributed by atoms with Crippen molar-refractivity contribution in [2.75, 3.05) is 6.54 Å². The highest BCUT2D eigenvalue weighted by Crippen LogP contribution is 2.25. The molecule has 0 fully saturated rings. The van der Waals surface area contributed by atoms with Gasteiger partial charge in [-0.2, -0.15) is 5.10 Å². The predicted molar refractivity (Wildman–Crippen MR) is 64.2 cm³/mol. The van der Waals surface area contributed by atoms with E-state index in [2.05, 4.69) is 46.7 Å². The minimum Gasteiger partial charge on any atom is -0.311 e. The lowest BCUT2D eigenvalue weighted by Gasteiger charge is -2.12. The van der Waals surface area contributed by atoms with Crippen LogP contribution in [0, 0.1) is 6.92 Å². The molecule has 0 saturated carbocycles. The van der Waals surface area contributed by atoms with E-state index >= 15 is 0 Å². The molecule has 16 heavy (non-hydrogen) atoms. The van der Waals surface area contributed by atoms with Crippen molar-refractivity contribution in [3.8, 4) is 11.3 Å². The SMILES string of the molecule is Cc1ccc(-c2n[nH]c3c2CCNC3)cc1. The maximum absolute atomic E-state index is 4.43. The fraction of sp³-hybridized carbons (Fsp3) is 0.308. The molecular formula is C13H15N3. The Morgan fingerprint density at radius 2 is 2.00 bits per heavy atom. The molecular weight excluding hydrogens is 198 g/mol. The summed E-state index contributed by atoms with van der Waals surface area (Å²) >= 11 is 0. The van der Waals surface area contributed by atoms with E-state index in [0.717, 1.165) is 25.2 Å². The average Bonchev–Trinajstić information content (AvgIpc) is 2.74. The molecule has 1 aromatic heterocycles. The molecule has 82 valence electrons. The highest BCUT2D eigenvalue weighted by molar-refractivity contribution is 5.64. The lowest BCUT2D eigenvalue weighted by atomic mass is 10.0. The fourth-order valence-electron chi connectivity index (χ4n) is 2.19. The lowest BCUT2D eigenvalue weighted by molar-refractivity contribution is 0.633. The van der Waals surface area contributed by atoms with Crippen LogP contribution in [0.4, 0.5) is 0 Å². The van der Waals surface area contributed by atoms with E-state index in [1.807, 2.05) is 0 Å². The monoisotopic (exact) mass is 213 g/mol. The number of H-pyrrole nitrogens is 1. The van der Waals surface area contributed by atoms with Gasteiger partial charge >= 0.3 is 0 Å². The third-order valence-electron chi connectivity index (χ3n) is 3.13. The molecule has 0 radical (unpaired) electrons. The topological polar surface area (TPSA) is 40.7 Å². The van der Waals surface area contributed by atoms with Crippen LogP contribution in [0.5, 0.6) is 0 Å².